The van der Waals surface area contributed by atoms with Crippen LogP contribution in [-0.2, 0) is 11.2 Å². The van der Waals surface area contributed by atoms with Crippen molar-refractivity contribution in [3.8, 4) is 6.07 Å². The van der Waals surface area contributed by atoms with Gasteiger partial charge in [-0.15, -0.1) is 11.3 Å². The number of carbonyl (C=O) groups is 1. The maximum atomic E-state index is 11.7. The summed E-state index contributed by atoms with van der Waals surface area (Å²) >= 11 is 1.44. The molecule has 1 aromatic rings. The van der Waals surface area contributed by atoms with Gasteiger partial charge < -0.3 is 5.32 Å². The maximum Gasteiger partial charge on any atom is 0.246 e. The quantitative estimate of drug-likeness (QED) is 0.878. The third kappa shape index (κ3) is 2.58. The molecule has 86 valence electrons. The van der Waals surface area contributed by atoms with Crippen LogP contribution in [0.5, 0.6) is 0 Å². The van der Waals surface area contributed by atoms with Crippen LogP contribution < -0.4 is 5.32 Å². The van der Waals surface area contributed by atoms with Crippen LogP contribution in [0.2, 0.25) is 0 Å². The van der Waals surface area contributed by atoms with Crippen molar-refractivity contribution < 1.29 is 4.79 Å². The monoisotopic (exact) mass is 237 g/mol. The number of aryl methyl sites for hydroxylation is 2. The van der Waals surface area contributed by atoms with E-state index in [1.165, 1.54) is 11.3 Å². The molecule has 0 radical (unpaired) electrons. The summed E-state index contributed by atoms with van der Waals surface area (Å²) in [5, 5.41) is 12.1. The Morgan fingerprint density at radius 3 is 2.69 bits per heavy atom. The van der Waals surface area contributed by atoms with E-state index in [0.717, 1.165) is 17.0 Å². The van der Waals surface area contributed by atoms with Crippen molar-refractivity contribution in [3.63, 3.8) is 0 Å². The lowest BCUT2D eigenvalue weighted by Crippen LogP contribution is -2.29. The Hall–Kier alpha value is -1.41. The number of nitriles is 1. The molecular weight excluding hydrogens is 222 g/mol. The zero-order valence-electron chi connectivity index (χ0n) is 9.92. The smallest absolute Gasteiger partial charge is 0.246 e. The molecule has 0 aliphatic carbocycles. The highest BCUT2D eigenvalue weighted by molar-refractivity contribution is 7.15. The van der Waals surface area contributed by atoms with E-state index in [9.17, 15) is 4.79 Å². The predicted molar refractivity (Wildman–Crippen MR) is 64.3 cm³/mol. The van der Waals surface area contributed by atoms with Gasteiger partial charge in [-0.1, -0.05) is 6.92 Å². The molecule has 1 aromatic heterocycles. The Bertz CT molecular complexity index is 443. The van der Waals surface area contributed by atoms with Gasteiger partial charge in [-0.2, -0.15) is 5.26 Å². The van der Waals surface area contributed by atoms with Crippen molar-refractivity contribution in [1.82, 2.24) is 4.98 Å². The largest absolute Gasteiger partial charge is 0.301 e. The number of anilines is 1. The molecule has 1 heterocycles. The lowest BCUT2D eigenvalue weighted by atomic mass is 9.95. The molecule has 0 atom stereocenters. The lowest BCUT2D eigenvalue weighted by molar-refractivity contribution is -0.121. The molecule has 0 aliphatic heterocycles. The minimum absolute atomic E-state index is 0.314. The van der Waals surface area contributed by atoms with E-state index in [4.69, 9.17) is 5.26 Å². The molecule has 0 bridgehead atoms. The van der Waals surface area contributed by atoms with E-state index in [-0.39, 0.29) is 5.91 Å². The summed E-state index contributed by atoms with van der Waals surface area (Å²) in [6.07, 6.45) is 0.847. The van der Waals surface area contributed by atoms with Gasteiger partial charge >= 0.3 is 0 Å². The zero-order valence-corrected chi connectivity index (χ0v) is 10.7. The Labute approximate surface area is 99.3 Å². The molecule has 0 unspecified atom stereocenters. The molecule has 1 rings (SSSR count). The molecular formula is C11H15N3OS. The second-order valence-electron chi connectivity index (χ2n) is 4.07. The third-order valence-electron chi connectivity index (χ3n) is 2.30. The van der Waals surface area contributed by atoms with Crippen LogP contribution in [-0.4, -0.2) is 10.9 Å². The van der Waals surface area contributed by atoms with Crippen molar-refractivity contribution in [2.45, 2.75) is 34.1 Å². The zero-order chi connectivity index (χ0) is 12.3. The first kappa shape index (κ1) is 12.7. The average Bonchev–Trinajstić information content (AvgIpc) is 2.58. The van der Waals surface area contributed by atoms with E-state index in [1.54, 1.807) is 13.8 Å². The van der Waals surface area contributed by atoms with Gasteiger partial charge in [-0.25, -0.2) is 4.98 Å². The van der Waals surface area contributed by atoms with E-state index in [0.29, 0.717) is 5.13 Å². The Kier molecular flexibility index (Phi) is 3.66. The van der Waals surface area contributed by atoms with Crippen LogP contribution in [0.25, 0.3) is 0 Å². The number of amides is 1. The lowest BCUT2D eigenvalue weighted by Gasteiger charge is -2.12. The fraction of sp³-hybridized carbons (Fsp3) is 0.545. The minimum atomic E-state index is -1.02. The topological polar surface area (TPSA) is 65.8 Å². The van der Waals surface area contributed by atoms with Crippen LogP contribution in [0.3, 0.4) is 0 Å². The van der Waals surface area contributed by atoms with E-state index >= 15 is 0 Å². The first-order valence-electron chi connectivity index (χ1n) is 5.09. The molecule has 1 amide bonds. The summed E-state index contributed by atoms with van der Waals surface area (Å²) in [4.78, 5) is 17.1. The molecule has 16 heavy (non-hydrogen) atoms. The molecule has 5 heteroatoms. The highest BCUT2D eigenvalue weighted by atomic mass is 32.1. The van der Waals surface area contributed by atoms with Gasteiger partial charge in [0.1, 0.15) is 5.41 Å². The number of nitrogens with one attached hydrogen (secondary N) is 1. The van der Waals surface area contributed by atoms with Gasteiger partial charge in [0.05, 0.1) is 11.8 Å². The minimum Gasteiger partial charge on any atom is -0.301 e. The third-order valence-corrected chi connectivity index (χ3v) is 3.22. The van der Waals surface area contributed by atoms with E-state index in [1.807, 2.05) is 19.9 Å². The number of aromatic nitrogens is 1. The van der Waals surface area contributed by atoms with Gasteiger partial charge in [0, 0.05) is 4.88 Å². The molecule has 4 nitrogen and oxygen atoms in total. The summed E-state index contributed by atoms with van der Waals surface area (Å²) in [6, 6.07) is 1.96. The fourth-order valence-corrected chi connectivity index (χ4v) is 2.01. The summed E-state index contributed by atoms with van der Waals surface area (Å²) in [7, 11) is 0. The summed E-state index contributed by atoms with van der Waals surface area (Å²) < 4.78 is 0. The van der Waals surface area contributed by atoms with Gasteiger partial charge in [-0.3, -0.25) is 4.79 Å². The van der Waals surface area contributed by atoms with Crippen molar-refractivity contribution in [2.75, 3.05) is 5.32 Å². The number of hydrogen-bond donors (Lipinski definition) is 1. The van der Waals surface area contributed by atoms with Crippen LogP contribution >= 0.6 is 11.3 Å². The Morgan fingerprint density at radius 1 is 1.62 bits per heavy atom. The van der Waals surface area contributed by atoms with Crippen LogP contribution in [0.15, 0.2) is 0 Å². The second-order valence-corrected chi connectivity index (χ2v) is 5.27. The van der Waals surface area contributed by atoms with E-state index in [2.05, 4.69) is 10.3 Å². The molecule has 0 spiro atoms. The fourth-order valence-electron chi connectivity index (χ4n) is 1.11. The summed E-state index contributed by atoms with van der Waals surface area (Å²) in [6.45, 7) is 7.17. The molecule has 1 N–H and O–H groups in total. The number of nitrogens with zero attached hydrogens (tertiary/aromatic N) is 2. The van der Waals surface area contributed by atoms with Crippen LogP contribution in [0, 0.1) is 23.7 Å². The number of hydrogen-bond acceptors (Lipinski definition) is 4. The maximum absolute atomic E-state index is 11.7. The SMILES string of the molecule is CCc1nc(NC(=O)C(C)(C)C#N)sc1C. The second kappa shape index (κ2) is 4.62. The van der Waals surface area contributed by atoms with Crippen molar-refractivity contribution >= 4 is 22.4 Å². The predicted octanol–water partition coefficient (Wildman–Crippen LogP) is 2.50. The van der Waals surface area contributed by atoms with E-state index < -0.39 is 5.41 Å². The molecule has 0 aromatic carbocycles. The van der Waals surface area contributed by atoms with Crippen LogP contribution in [0.4, 0.5) is 5.13 Å². The number of rotatable bonds is 3. The highest BCUT2D eigenvalue weighted by Crippen LogP contribution is 2.24. The average molecular weight is 237 g/mol. The normalized spacial score (nSPS) is 10.9. The van der Waals surface area contributed by atoms with Gasteiger partial charge in [-0.05, 0) is 27.2 Å². The summed E-state index contributed by atoms with van der Waals surface area (Å²) in [5.41, 5.74) is -0.0264. The van der Waals surface area contributed by atoms with Gasteiger partial charge in [0.15, 0.2) is 5.13 Å². The Balaban J connectivity index is 2.82. The summed E-state index contributed by atoms with van der Waals surface area (Å²) in [5.74, 6) is -0.314. The van der Waals surface area contributed by atoms with Crippen molar-refractivity contribution in [1.29, 1.82) is 5.26 Å². The van der Waals surface area contributed by atoms with Crippen molar-refractivity contribution in [2.24, 2.45) is 5.41 Å². The molecule has 0 fully saturated rings. The number of thiazole rings is 1. The standard InChI is InChI=1S/C11H15N3OS/c1-5-8-7(2)16-10(13-8)14-9(15)11(3,4)6-12/h5H2,1-4H3,(H,13,14,15). The highest BCUT2D eigenvalue weighted by Gasteiger charge is 2.28. The van der Waals surface area contributed by atoms with Crippen molar-refractivity contribution in [3.05, 3.63) is 10.6 Å². The van der Waals surface area contributed by atoms with Crippen LogP contribution in [0.1, 0.15) is 31.3 Å². The van der Waals surface area contributed by atoms with Gasteiger partial charge in [0.25, 0.3) is 0 Å². The first-order valence-corrected chi connectivity index (χ1v) is 5.91. The van der Waals surface area contributed by atoms with Gasteiger partial charge in [0.2, 0.25) is 5.91 Å². The molecule has 0 saturated carbocycles. The number of carbonyl (C=O) groups excluding carboxylic acids is 1. The molecule has 0 aliphatic rings. The Morgan fingerprint density at radius 2 is 2.25 bits per heavy atom. The molecule has 0 saturated heterocycles. The first-order chi connectivity index (χ1) is 7.40.